The molecule has 0 aliphatic carbocycles. The Hall–Kier alpha value is -2.39. The van der Waals surface area contributed by atoms with Crippen LogP contribution < -0.4 is 11.3 Å². The average Bonchev–Trinajstić information content (AvgIpc) is 2.41. The first-order chi connectivity index (χ1) is 9.02. The number of hydrogen-bond donors (Lipinski definition) is 1. The Labute approximate surface area is 112 Å². The molecule has 0 aliphatic rings. The van der Waals surface area contributed by atoms with E-state index < -0.39 is 11.4 Å². The molecule has 0 unspecified atom stereocenters. The fraction of sp³-hybridized carbons (Fsp3) is 0.0833. The van der Waals surface area contributed by atoms with Crippen molar-refractivity contribution in [1.29, 1.82) is 5.26 Å². The third-order valence-corrected chi connectivity index (χ3v) is 2.85. The van der Waals surface area contributed by atoms with Gasteiger partial charge in [-0.25, -0.2) is 9.37 Å². The molecular formula is C12H8ClFN4O. The van der Waals surface area contributed by atoms with E-state index in [0.717, 1.165) is 10.6 Å². The van der Waals surface area contributed by atoms with E-state index in [1.165, 1.54) is 18.5 Å². The van der Waals surface area contributed by atoms with E-state index in [9.17, 15) is 9.18 Å². The van der Waals surface area contributed by atoms with E-state index in [0.29, 0.717) is 0 Å². The summed E-state index contributed by atoms with van der Waals surface area (Å²) < 4.78 is 14.8. The Morgan fingerprint density at radius 1 is 1.53 bits per heavy atom. The van der Waals surface area contributed by atoms with Gasteiger partial charge in [0.1, 0.15) is 11.5 Å². The maximum absolute atomic E-state index is 13.7. The van der Waals surface area contributed by atoms with Crippen molar-refractivity contribution in [3.05, 3.63) is 57.0 Å². The van der Waals surface area contributed by atoms with E-state index in [-0.39, 0.29) is 28.5 Å². The zero-order valence-corrected chi connectivity index (χ0v) is 10.4. The van der Waals surface area contributed by atoms with Crippen LogP contribution >= 0.6 is 11.6 Å². The molecule has 0 saturated carbocycles. The number of aromatic nitrogens is 2. The van der Waals surface area contributed by atoms with Gasteiger partial charge in [0.15, 0.2) is 5.15 Å². The van der Waals surface area contributed by atoms with Gasteiger partial charge >= 0.3 is 0 Å². The highest BCUT2D eigenvalue weighted by atomic mass is 35.5. The summed E-state index contributed by atoms with van der Waals surface area (Å²) in [5.41, 5.74) is 5.20. The number of halogens is 2. The highest BCUT2D eigenvalue weighted by Crippen LogP contribution is 2.12. The highest BCUT2D eigenvalue weighted by Gasteiger charge is 2.09. The molecule has 2 rings (SSSR count). The zero-order valence-electron chi connectivity index (χ0n) is 9.60. The number of rotatable bonds is 2. The minimum Gasteiger partial charge on any atom is -0.392 e. The minimum absolute atomic E-state index is 0.0370. The summed E-state index contributed by atoms with van der Waals surface area (Å²) in [5, 5.41) is 8.56. The molecule has 0 amide bonds. The maximum atomic E-state index is 13.7. The Balaban J connectivity index is 2.40. The van der Waals surface area contributed by atoms with Crippen LogP contribution in [0.1, 0.15) is 11.1 Å². The van der Waals surface area contributed by atoms with Gasteiger partial charge < -0.3 is 5.73 Å². The Kier molecular flexibility index (Phi) is 3.49. The van der Waals surface area contributed by atoms with E-state index in [4.69, 9.17) is 22.6 Å². The summed E-state index contributed by atoms with van der Waals surface area (Å²) in [4.78, 5) is 15.5. The molecule has 96 valence electrons. The standard InChI is InChI=1S/C12H8ClFN4O/c13-11-10(16)12(19)18(6-17-11)5-8-2-1-7(4-15)3-9(8)14/h1-3,6H,5,16H2. The SMILES string of the molecule is N#Cc1ccc(Cn2cnc(Cl)c(N)c2=O)c(F)c1. The first-order valence-electron chi connectivity index (χ1n) is 5.22. The van der Waals surface area contributed by atoms with Gasteiger partial charge in [-0.1, -0.05) is 17.7 Å². The summed E-state index contributed by atoms with van der Waals surface area (Å²) in [6.07, 6.45) is 1.19. The second-order valence-electron chi connectivity index (χ2n) is 3.80. The monoisotopic (exact) mass is 278 g/mol. The van der Waals surface area contributed by atoms with E-state index in [2.05, 4.69) is 4.98 Å². The quantitative estimate of drug-likeness (QED) is 0.845. The molecule has 1 heterocycles. The number of anilines is 1. The predicted octanol–water partition coefficient (Wildman–Crippen LogP) is 1.54. The van der Waals surface area contributed by atoms with Crippen molar-refractivity contribution in [1.82, 2.24) is 9.55 Å². The van der Waals surface area contributed by atoms with Crippen molar-refractivity contribution in [2.45, 2.75) is 6.54 Å². The lowest BCUT2D eigenvalue weighted by Crippen LogP contribution is -2.24. The highest BCUT2D eigenvalue weighted by molar-refractivity contribution is 6.31. The van der Waals surface area contributed by atoms with Crippen molar-refractivity contribution in [3.63, 3.8) is 0 Å². The van der Waals surface area contributed by atoms with Crippen molar-refractivity contribution in [2.24, 2.45) is 0 Å². The maximum Gasteiger partial charge on any atom is 0.278 e. The molecule has 5 nitrogen and oxygen atoms in total. The molecule has 0 saturated heterocycles. The fourth-order valence-corrected chi connectivity index (χ4v) is 1.65. The van der Waals surface area contributed by atoms with Crippen LogP contribution in [0.3, 0.4) is 0 Å². The van der Waals surface area contributed by atoms with E-state index >= 15 is 0 Å². The van der Waals surface area contributed by atoms with Gasteiger partial charge in [-0.15, -0.1) is 0 Å². The van der Waals surface area contributed by atoms with Crippen LogP contribution in [-0.2, 0) is 6.54 Å². The summed E-state index contributed by atoms with van der Waals surface area (Å²) in [5.74, 6) is -0.570. The Bertz CT molecular complexity index is 735. The zero-order chi connectivity index (χ0) is 14.0. The van der Waals surface area contributed by atoms with Crippen LogP contribution in [0.15, 0.2) is 29.3 Å². The van der Waals surface area contributed by atoms with Gasteiger partial charge in [0.05, 0.1) is 24.5 Å². The molecule has 0 atom stereocenters. The minimum atomic E-state index is -0.570. The van der Waals surface area contributed by atoms with Gasteiger partial charge in [0.2, 0.25) is 0 Å². The second kappa shape index (κ2) is 5.08. The smallest absolute Gasteiger partial charge is 0.278 e. The van der Waals surface area contributed by atoms with Crippen molar-refractivity contribution in [2.75, 3.05) is 5.73 Å². The van der Waals surface area contributed by atoms with E-state index in [1.54, 1.807) is 0 Å². The van der Waals surface area contributed by atoms with E-state index in [1.807, 2.05) is 6.07 Å². The van der Waals surface area contributed by atoms with Gasteiger partial charge in [-0.05, 0) is 12.1 Å². The lowest BCUT2D eigenvalue weighted by atomic mass is 10.1. The molecule has 2 aromatic rings. The Morgan fingerprint density at radius 2 is 2.26 bits per heavy atom. The summed E-state index contributed by atoms with van der Waals surface area (Å²) >= 11 is 5.60. The number of benzene rings is 1. The van der Waals surface area contributed by atoms with Crippen molar-refractivity contribution >= 4 is 17.3 Å². The predicted molar refractivity (Wildman–Crippen MR) is 68.1 cm³/mol. The molecule has 0 spiro atoms. The number of nitrogens with zero attached hydrogens (tertiary/aromatic N) is 3. The third-order valence-electron chi connectivity index (χ3n) is 2.55. The molecule has 0 fully saturated rings. The molecule has 0 aliphatic heterocycles. The first-order valence-corrected chi connectivity index (χ1v) is 5.59. The molecule has 19 heavy (non-hydrogen) atoms. The molecule has 0 bridgehead atoms. The van der Waals surface area contributed by atoms with Crippen molar-refractivity contribution in [3.8, 4) is 6.07 Å². The van der Waals surface area contributed by atoms with Crippen LogP contribution in [-0.4, -0.2) is 9.55 Å². The molecule has 0 radical (unpaired) electrons. The number of nitrogens with two attached hydrogens (primary N) is 1. The van der Waals surface area contributed by atoms with Gasteiger partial charge in [-0.2, -0.15) is 5.26 Å². The molecule has 1 aromatic carbocycles. The van der Waals surface area contributed by atoms with Crippen LogP contribution in [0.5, 0.6) is 0 Å². The van der Waals surface area contributed by atoms with Crippen molar-refractivity contribution < 1.29 is 4.39 Å². The van der Waals surface area contributed by atoms with Crippen LogP contribution in [0.25, 0.3) is 0 Å². The van der Waals surface area contributed by atoms with Gasteiger partial charge in [0, 0.05) is 5.56 Å². The summed E-state index contributed by atoms with van der Waals surface area (Å²) in [7, 11) is 0. The van der Waals surface area contributed by atoms with Crippen LogP contribution in [0, 0.1) is 17.1 Å². The molecular weight excluding hydrogens is 271 g/mol. The second-order valence-corrected chi connectivity index (χ2v) is 4.16. The lowest BCUT2D eigenvalue weighted by Gasteiger charge is -2.07. The third kappa shape index (κ3) is 2.56. The fourth-order valence-electron chi connectivity index (χ4n) is 1.53. The van der Waals surface area contributed by atoms with Crippen LogP contribution in [0.2, 0.25) is 5.15 Å². The number of nitriles is 1. The largest absolute Gasteiger partial charge is 0.392 e. The van der Waals surface area contributed by atoms with Gasteiger partial charge in [-0.3, -0.25) is 9.36 Å². The molecule has 7 heteroatoms. The van der Waals surface area contributed by atoms with Gasteiger partial charge in [0.25, 0.3) is 5.56 Å². The average molecular weight is 279 g/mol. The molecule has 1 aromatic heterocycles. The lowest BCUT2D eigenvalue weighted by molar-refractivity contribution is 0.594. The topological polar surface area (TPSA) is 84.7 Å². The first kappa shape index (κ1) is 13.1. The Morgan fingerprint density at radius 3 is 2.89 bits per heavy atom. The normalized spacial score (nSPS) is 10.2. The van der Waals surface area contributed by atoms with Crippen LogP contribution in [0.4, 0.5) is 10.1 Å². The summed E-state index contributed by atoms with van der Waals surface area (Å²) in [6, 6.07) is 5.84. The number of nitrogen functional groups attached to an aromatic ring is 1. The number of hydrogen-bond acceptors (Lipinski definition) is 4. The molecule has 2 N–H and O–H groups in total. The summed E-state index contributed by atoms with van der Waals surface area (Å²) in [6.45, 7) is -0.0370.